The number of ketones is 1. The van der Waals surface area contributed by atoms with Crippen LogP contribution < -0.4 is 0 Å². The smallest absolute Gasteiger partial charge is 0.169 e. The van der Waals surface area contributed by atoms with Gasteiger partial charge in [0.25, 0.3) is 0 Å². The summed E-state index contributed by atoms with van der Waals surface area (Å²) in [5.41, 5.74) is 3.82. The zero-order valence-corrected chi connectivity index (χ0v) is 22.9. The van der Waals surface area contributed by atoms with Gasteiger partial charge in [0.15, 0.2) is 5.79 Å². The monoisotopic (exact) mass is 490 g/mol. The van der Waals surface area contributed by atoms with Gasteiger partial charge in [0, 0.05) is 18.3 Å². The fraction of sp³-hybridized carbons (Fsp3) is 0.667. The predicted octanol–water partition coefficient (Wildman–Crippen LogP) is 7.57. The fourth-order valence-electron chi connectivity index (χ4n) is 9.27. The number of rotatable bonds is 7. The van der Waals surface area contributed by atoms with Crippen LogP contribution in [0.3, 0.4) is 0 Å². The van der Waals surface area contributed by atoms with Gasteiger partial charge in [-0.05, 0) is 98.0 Å². The Bertz CT molecular complexity index is 1040. The third-order valence-corrected chi connectivity index (χ3v) is 11.6. The van der Waals surface area contributed by atoms with Crippen LogP contribution in [0, 0.1) is 34.0 Å². The van der Waals surface area contributed by atoms with E-state index in [1.54, 1.807) is 0 Å². The van der Waals surface area contributed by atoms with Crippen LogP contribution in [0.2, 0.25) is 0 Å². The maximum atomic E-state index is 13.0. The van der Waals surface area contributed by atoms with Crippen LogP contribution in [-0.2, 0) is 22.6 Å². The molecule has 3 nitrogen and oxygen atoms in total. The lowest BCUT2D eigenvalue weighted by molar-refractivity contribution is -0.231. The summed E-state index contributed by atoms with van der Waals surface area (Å²) >= 11 is 0. The average Bonchev–Trinajstić information content (AvgIpc) is 3.17. The molecule has 1 unspecified atom stereocenters. The summed E-state index contributed by atoms with van der Waals surface area (Å²) in [6, 6.07) is 8.54. The van der Waals surface area contributed by atoms with E-state index in [9.17, 15) is 9.90 Å². The van der Waals surface area contributed by atoms with E-state index in [0.717, 1.165) is 50.5 Å². The fourth-order valence-corrected chi connectivity index (χ4v) is 9.27. The van der Waals surface area contributed by atoms with E-state index < -0.39 is 5.79 Å². The second kappa shape index (κ2) is 9.24. The number of benzene rings is 1. The molecule has 0 bridgehead atoms. The molecule has 7 atom stereocenters. The Hall–Kier alpha value is -1.71. The molecule has 0 aliphatic heterocycles. The number of Topliss-reactive ketones (excluding diaryl/α,β-unsaturated/α-hetero) is 1. The number of hydrogen-bond donors (Lipinski definition) is 1. The van der Waals surface area contributed by atoms with Gasteiger partial charge in [-0.1, -0.05) is 62.8 Å². The number of aryl methyl sites for hydroxylation is 1. The molecule has 3 saturated carbocycles. The Labute approximate surface area is 218 Å². The number of carbonyl (C=O) groups excluding carboxylic acids is 1. The van der Waals surface area contributed by atoms with Crippen LogP contribution in [0.4, 0.5) is 0 Å². The second-order valence-corrected chi connectivity index (χ2v) is 13.0. The summed E-state index contributed by atoms with van der Waals surface area (Å²) in [5, 5.41) is 11.5. The zero-order valence-electron chi connectivity index (χ0n) is 22.9. The largest absolute Gasteiger partial charge is 0.365 e. The lowest BCUT2D eigenvalue weighted by atomic mass is 9.45. The van der Waals surface area contributed by atoms with Crippen molar-refractivity contribution in [3.05, 3.63) is 59.7 Å². The molecular formula is C33H46O3. The quantitative estimate of drug-likeness (QED) is 0.317. The lowest BCUT2D eigenvalue weighted by Gasteiger charge is -2.60. The standard InChI is InChI=1S/C33H46O3/c1-6-16-32(23(3)34)18-15-29-27-13-12-26-21-33(35,36-22-25-10-8-24(7-2)9-11-25)20-19-30(26,4)28(27)14-17-31(29,32)5/h6,8-12,27-29,35H,1,7,13-22H2,2-5H3/t27-,28+,29+,30+,31+,32-,33?/m1/s1. The van der Waals surface area contributed by atoms with Crippen molar-refractivity contribution in [3.63, 3.8) is 0 Å². The Balaban J connectivity index is 1.33. The molecule has 3 heteroatoms. The molecular weight excluding hydrogens is 444 g/mol. The number of allylic oxidation sites excluding steroid dienone is 2. The van der Waals surface area contributed by atoms with Gasteiger partial charge in [-0.15, -0.1) is 6.58 Å². The van der Waals surface area contributed by atoms with Crippen LogP contribution in [0.1, 0.15) is 96.6 Å². The summed E-state index contributed by atoms with van der Waals surface area (Å²) in [6.45, 7) is 13.3. The van der Waals surface area contributed by atoms with Gasteiger partial charge in [0.2, 0.25) is 0 Å². The minimum absolute atomic E-state index is 0.0712. The van der Waals surface area contributed by atoms with Crippen LogP contribution in [0.25, 0.3) is 0 Å². The van der Waals surface area contributed by atoms with Crippen molar-refractivity contribution in [3.8, 4) is 0 Å². The molecule has 4 aliphatic carbocycles. The summed E-state index contributed by atoms with van der Waals surface area (Å²) in [4.78, 5) is 13.0. The number of fused-ring (bicyclic) bond motifs is 5. The topological polar surface area (TPSA) is 46.5 Å². The molecule has 1 aromatic carbocycles. The summed E-state index contributed by atoms with van der Waals surface area (Å²) < 4.78 is 6.19. The molecule has 0 saturated heterocycles. The summed E-state index contributed by atoms with van der Waals surface area (Å²) in [6.07, 6.45) is 14.1. The van der Waals surface area contributed by atoms with E-state index in [-0.39, 0.29) is 16.2 Å². The van der Waals surface area contributed by atoms with E-state index in [0.29, 0.717) is 43.0 Å². The van der Waals surface area contributed by atoms with E-state index in [2.05, 4.69) is 57.7 Å². The summed E-state index contributed by atoms with van der Waals surface area (Å²) in [7, 11) is 0. The van der Waals surface area contributed by atoms with E-state index in [1.165, 1.54) is 17.6 Å². The van der Waals surface area contributed by atoms with Gasteiger partial charge in [0.1, 0.15) is 5.78 Å². The van der Waals surface area contributed by atoms with E-state index in [1.807, 2.05) is 13.0 Å². The average molecular weight is 491 g/mol. The van der Waals surface area contributed by atoms with Gasteiger partial charge in [-0.2, -0.15) is 0 Å². The molecule has 0 heterocycles. The maximum absolute atomic E-state index is 13.0. The zero-order chi connectivity index (χ0) is 25.8. The number of carbonyl (C=O) groups is 1. The first kappa shape index (κ1) is 25.9. The van der Waals surface area contributed by atoms with Crippen LogP contribution in [0.15, 0.2) is 48.6 Å². The third-order valence-electron chi connectivity index (χ3n) is 11.6. The Morgan fingerprint density at radius 2 is 1.78 bits per heavy atom. The van der Waals surface area contributed by atoms with Crippen molar-refractivity contribution in [2.75, 3.05) is 0 Å². The minimum Gasteiger partial charge on any atom is -0.365 e. The second-order valence-electron chi connectivity index (χ2n) is 13.0. The first-order valence-corrected chi connectivity index (χ1v) is 14.4. The third kappa shape index (κ3) is 3.88. The number of ether oxygens (including phenoxy) is 1. The maximum Gasteiger partial charge on any atom is 0.169 e. The Morgan fingerprint density at radius 1 is 1.08 bits per heavy atom. The van der Waals surface area contributed by atoms with Crippen molar-refractivity contribution in [1.82, 2.24) is 0 Å². The highest BCUT2D eigenvalue weighted by Gasteiger charge is 2.65. The lowest BCUT2D eigenvalue weighted by Crippen LogP contribution is -2.55. The van der Waals surface area contributed by atoms with E-state index >= 15 is 0 Å². The van der Waals surface area contributed by atoms with Crippen LogP contribution in [-0.4, -0.2) is 16.7 Å². The molecule has 196 valence electrons. The molecule has 0 radical (unpaired) electrons. The van der Waals surface area contributed by atoms with Crippen LogP contribution in [0.5, 0.6) is 0 Å². The van der Waals surface area contributed by atoms with Crippen molar-refractivity contribution in [2.24, 2.45) is 34.0 Å². The highest BCUT2D eigenvalue weighted by Crippen LogP contribution is 2.70. The molecule has 4 aliphatic rings. The molecule has 1 N–H and O–H groups in total. The van der Waals surface area contributed by atoms with Gasteiger partial charge in [-0.3, -0.25) is 4.79 Å². The Kier molecular flexibility index (Phi) is 6.65. The predicted molar refractivity (Wildman–Crippen MR) is 145 cm³/mol. The first-order chi connectivity index (χ1) is 17.1. The van der Waals surface area contributed by atoms with Gasteiger partial charge < -0.3 is 9.84 Å². The van der Waals surface area contributed by atoms with Gasteiger partial charge in [0.05, 0.1) is 6.61 Å². The molecule has 5 rings (SSSR count). The highest BCUT2D eigenvalue weighted by molar-refractivity contribution is 5.84. The molecule has 3 fully saturated rings. The highest BCUT2D eigenvalue weighted by atomic mass is 16.6. The summed E-state index contributed by atoms with van der Waals surface area (Å²) in [5.74, 6) is 1.15. The molecule has 0 aromatic heterocycles. The van der Waals surface area contributed by atoms with Crippen LogP contribution >= 0.6 is 0 Å². The molecule has 36 heavy (non-hydrogen) atoms. The Morgan fingerprint density at radius 3 is 2.44 bits per heavy atom. The van der Waals surface area contributed by atoms with Crippen molar-refractivity contribution < 1.29 is 14.6 Å². The van der Waals surface area contributed by atoms with Gasteiger partial charge in [-0.25, -0.2) is 0 Å². The first-order valence-electron chi connectivity index (χ1n) is 14.4. The normalized spacial score (nSPS) is 41.6. The van der Waals surface area contributed by atoms with Crippen molar-refractivity contribution in [2.45, 2.75) is 104 Å². The number of hydrogen-bond acceptors (Lipinski definition) is 3. The van der Waals surface area contributed by atoms with Gasteiger partial charge >= 0.3 is 0 Å². The van der Waals surface area contributed by atoms with E-state index in [4.69, 9.17) is 4.74 Å². The minimum atomic E-state index is -1.08. The molecule has 1 aromatic rings. The molecule has 0 amide bonds. The van der Waals surface area contributed by atoms with Crippen molar-refractivity contribution in [1.29, 1.82) is 0 Å². The number of aliphatic hydroxyl groups is 1. The SMILES string of the molecule is C=CC[C@]1(C(C)=O)CC[C@H]2[C@@H]3CC=C4CC(O)(OCc5ccc(CC)cc5)CC[C@]4(C)[C@H]3CC[C@@]21C. The van der Waals surface area contributed by atoms with Crippen molar-refractivity contribution >= 4 is 5.78 Å². The molecule has 0 spiro atoms.